The fraction of sp³-hybridized carbons (Fsp3) is 0.833. The molecule has 0 aromatic heterocycles. The molecule has 0 amide bonds. The van der Waals surface area contributed by atoms with Crippen LogP contribution in [0.2, 0.25) is 0 Å². The summed E-state index contributed by atoms with van der Waals surface area (Å²) in [6.45, 7) is 2.69. The van der Waals surface area contributed by atoms with E-state index in [1.54, 1.807) is 6.92 Å². The smallest absolute Gasteiger partial charge is 0.187 e. The van der Waals surface area contributed by atoms with Gasteiger partial charge >= 0.3 is 0 Å². The normalized spacial score (nSPS) is 26.6. The largest absolute Gasteiger partial charge is 0.305 e. The van der Waals surface area contributed by atoms with Gasteiger partial charge in [0.1, 0.15) is 0 Å². The molecule has 1 saturated heterocycles. The fourth-order valence-electron chi connectivity index (χ4n) is 0.953. The Hall–Kier alpha value is -0.0200. The summed E-state index contributed by atoms with van der Waals surface area (Å²) in [5.41, 5.74) is 0. The molecule has 2 nitrogen and oxygen atoms in total. The summed E-state index contributed by atoms with van der Waals surface area (Å²) in [5.74, 6) is 0. The first kappa shape index (κ1) is 7.09. The molecule has 1 aliphatic heterocycles. The van der Waals surface area contributed by atoms with E-state index in [9.17, 15) is 4.79 Å². The van der Waals surface area contributed by atoms with Crippen molar-refractivity contribution in [2.75, 3.05) is 6.54 Å². The number of thioether (sulfide) groups is 1. The maximum absolute atomic E-state index is 10.5. The monoisotopic (exact) mass is 145 g/mol. The van der Waals surface area contributed by atoms with Crippen LogP contribution in [0.4, 0.5) is 0 Å². The van der Waals surface area contributed by atoms with E-state index in [2.05, 4.69) is 5.32 Å². The van der Waals surface area contributed by atoms with Gasteiger partial charge in [-0.15, -0.1) is 0 Å². The molecule has 0 radical (unpaired) electrons. The highest BCUT2D eigenvalue weighted by Crippen LogP contribution is 2.18. The Kier molecular flexibility index (Phi) is 2.54. The minimum atomic E-state index is 0.217. The van der Waals surface area contributed by atoms with Crippen molar-refractivity contribution < 1.29 is 4.79 Å². The van der Waals surface area contributed by atoms with E-state index in [4.69, 9.17) is 0 Å². The van der Waals surface area contributed by atoms with Gasteiger partial charge in [-0.05, 0) is 19.4 Å². The number of hydrogen-bond donors (Lipinski definition) is 1. The lowest BCUT2D eigenvalue weighted by Crippen LogP contribution is -2.18. The Morgan fingerprint density at radius 1 is 1.78 bits per heavy atom. The lowest BCUT2D eigenvalue weighted by Gasteiger charge is -2.04. The number of carbonyl (C=O) groups is 1. The molecule has 52 valence electrons. The van der Waals surface area contributed by atoms with Crippen molar-refractivity contribution in [3.05, 3.63) is 0 Å². The van der Waals surface area contributed by atoms with E-state index in [0.29, 0.717) is 5.37 Å². The average molecular weight is 145 g/mol. The van der Waals surface area contributed by atoms with Crippen molar-refractivity contribution in [2.24, 2.45) is 0 Å². The highest BCUT2D eigenvalue weighted by molar-refractivity contribution is 8.14. The van der Waals surface area contributed by atoms with Gasteiger partial charge in [-0.1, -0.05) is 11.8 Å². The first-order valence-electron chi connectivity index (χ1n) is 3.19. The molecule has 0 bridgehead atoms. The van der Waals surface area contributed by atoms with Crippen molar-refractivity contribution in [2.45, 2.75) is 25.1 Å². The number of carbonyl (C=O) groups excluding carboxylic acids is 1. The molecular formula is C6H11NOS. The van der Waals surface area contributed by atoms with Gasteiger partial charge in [0, 0.05) is 6.92 Å². The summed E-state index contributed by atoms with van der Waals surface area (Å²) < 4.78 is 0. The van der Waals surface area contributed by atoms with Gasteiger partial charge < -0.3 is 5.32 Å². The third-order valence-corrected chi connectivity index (χ3v) is 2.34. The molecule has 0 spiro atoms. The molecule has 1 aliphatic rings. The van der Waals surface area contributed by atoms with Crippen LogP contribution in [0.5, 0.6) is 0 Å². The van der Waals surface area contributed by atoms with E-state index in [-0.39, 0.29) is 5.12 Å². The Morgan fingerprint density at radius 3 is 3.00 bits per heavy atom. The second kappa shape index (κ2) is 3.22. The van der Waals surface area contributed by atoms with Crippen molar-refractivity contribution >= 4 is 16.9 Å². The first-order chi connectivity index (χ1) is 4.29. The second-order valence-electron chi connectivity index (χ2n) is 2.19. The van der Waals surface area contributed by atoms with E-state index >= 15 is 0 Å². The Bertz CT molecular complexity index is 110. The van der Waals surface area contributed by atoms with Crippen LogP contribution in [0.25, 0.3) is 0 Å². The molecule has 1 unspecified atom stereocenters. The summed E-state index contributed by atoms with van der Waals surface area (Å²) in [4.78, 5) is 10.5. The minimum absolute atomic E-state index is 0.217. The van der Waals surface area contributed by atoms with Crippen molar-refractivity contribution in [1.82, 2.24) is 5.32 Å². The van der Waals surface area contributed by atoms with Gasteiger partial charge in [0.05, 0.1) is 5.37 Å². The number of nitrogens with one attached hydrogen (secondary N) is 1. The molecule has 1 rings (SSSR count). The lowest BCUT2D eigenvalue weighted by atomic mass is 10.4. The summed E-state index contributed by atoms with van der Waals surface area (Å²) >= 11 is 1.41. The molecule has 0 aromatic carbocycles. The SMILES string of the molecule is CC(=O)SC1CCCN1. The molecule has 9 heavy (non-hydrogen) atoms. The summed E-state index contributed by atoms with van der Waals surface area (Å²) in [6, 6.07) is 0. The predicted octanol–water partition coefficient (Wildman–Crippen LogP) is 0.976. The number of hydrogen-bond acceptors (Lipinski definition) is 3. The van der Waals surface area contributed by atoms with Gasteiger partial charge in [-0.25, -0.2) is 0 Å². The molecule has 1 fully saturated rings. The van der Waals surface area contributed by atoms with Crippen LogP contribution in [0.3, 0.4) is 0 Å². The Labute approximate surface area is 59.4 Å². The topological polar surface area (TPSA) is 29.1 Å². The van der Waals surface area contributed by atoms with Gasteiger partial charge in [0.15, 0.2) is 5.12 Å². The van der Waals surface area contributed by atoms with Crippen molar-refractivity contribution in [3.8, 4) is 0 Å². The highest BCUT2D eigenvalue weighted by atomic mass is 32.2. The van der Waals surface area contributed by atoms with Crippen LogP contribution in [-0.2, 0) is 4.79 Å². The van der Waals surface area contributed by atoms with E-state index in [1.807, 2.05) is 0 Å². The molecule has 0 saturated carbocycles. The van der Waals surface area contributed by atoms with Crippen LogP contribution in [-0.4, -0.2) is 17.0 Å². The molecule has 1 atom stereocenters. The molecule has 3 heteroatoms. The van der Waals surface area contributed by atoms with Crippen molar-refractivity contribution in [1.29, 1.82) is 0 Å². The molecule has 1 N–H and O–H groups in total. The van der Waals surface area contributed by atoms with E-state index in [1.165, 1.54) is 18.2 Å². The third-order valence-electron chi connectivity index (χ3n) is 1.32. The third kappa shape index (κ3) is 2.37. The Balaban J connectivity index is 2.19. The zero-order chi connectivity index (χ0) is 6.69. The van der Waals surface area contributed by atoms with Crippen LogP contribution >= 0.6 is 11.8 Å². The molecular weight excluding hydrogens is 134 g/mol. The zero-order valence-corrected chi connectivity index (χ0v) is 6.33. The molecule has 1 heterocycles. The molecule has 0 aromatic rings. The average Bonchev–Trinajstić information content (AvgIpc) is 2.15. The fourth-order valence-corrected chi connectivity index (χ4v) is 1.84. The van der Waals surface area contributed by atoms with Crippen LogP contribution in [0, 0.1) is 0 Å². The molecule has 0 aliphatic carbocycles. The summed E-state index contributed by atoms with van der Waals surface area (Å²) in [6.07, 6.45) is 2.36. The van der Waals surface area contributed by atoms with Crippen LogP contribution in [0.15, 0.2) is 0 Å². The maximum atomic E-state index is 10.5. The number of rotatable bonds is 1. The van der Waals surface area contributed by atoms with Gasteiger partial charge in [-0.2, -0.15) is 0 Å². The van der Waals surface area contributed by atoms with E-state index < -0.39 is 0 Å². The van der Waals surface area contributed by atoms with Gasteiger partial charge in [0.2, 0.25) is 0 Å². The zero-order valence-electron chi connectivity index (χ0n) is 5.52. The standard InChI is InChI=1S/C6H11NOS/c1-5(8)9-6-3-2-4-7-6/h6-7H,2-4H2,1H3. The van der Waals surface area contributed by atoms with Crippen molar-refractivity contribution in [3.63, 3.8) is 0 Å². The highest BCUT2D eigenvalue weighted by Gasteiger charge is 2.15. The maximum Gasteiger partial charge on any atom is 0.187 e. The van der Waals surface area contributed by atoms with Gasteiger partial charge in [-0.3, -0.25) is 4.79 Å². The predicted molar refractivity (Wildman–Crippen MR) is 39.3 cm³/mol. The van der Waals surface area contributed by atoms with Crippen LogP contribution in [0.1, 0.15) is 19.8 Å². The minimum Gasteiger partial charge on any atom is -0.305 e. The lowest BCUT2D eigenvalue weighted by molar-refractivity contribution is -0.109. The Morgan fingerprint density at radius 2 is 2.56 bits per heavy atom. The van der Waals surface area contributed by atoms with E-state index in [0.717, 1.165) is 13.0 Å². The second-order valence-corrected chi connectivity index (χ2v) is 3.57. The van der Waals surface area contributed by atoms with Gasteiger partial charge in [0.25, 0.3) is 0 Å². The quantitative estimate of drug-likeness (QED) is 0.596. The first-order valence-corrected chi connectivity index (χ1v) is 4.07. The summed E-state index contributed by atoms with van der Waals surface area (Å²) in [7, 11) is 0. The summed E-state index contributed by atoms with van der Waals surface area (Å²) in [5, 5.41) is 3.85. The van der Waals surface area contributed by atoms with Crippen LogP contribution < -0.4 is 5.32 Å².